The van der Waals surface area contributed by atoms with Gasteiger partial charge in [0.2, 0.25) is 0 Å². The van der Waals surface area contributed by atoms with Crippen LogP contribution in [0.1, 0.15) is 41.5 Å². The van der Waals surface area contributed by atoms with Gasteiger partial charge in [0.25, 0.3) is 0 Å². The maximum Gasteiger partial charge on any atom is 0.161 e. The Balaban J connectivity index is 1.32. The van der Waals surface area contributed by atoms with Gasteiger partial charge in [-0.1, -0.05) is 23.8 Å². The average molecular weight is 494 g/mol. The van der Waals surface area contributed by atoms with Crippen LogP contribution in [0.4, 0.5) is 0 Å². The summed E-state index contributed by atoms with van der Waals surface area (Å²) in [7, 11) is 1.66. The van der Waals surface area contributed by atoms with Crippen LogP contribution in [0.3, 0.4) is 0 Å². The zero-order chi connectivity index (χ0) is 25.5. The van der Waals surface area contributed by atoms with E-state index in [1.807, 2.05) is 49.1 Å². The lowest BCUT2D eigenvalue weighted by Gasteiger charge is -2.27. The molecule has 1 fully saturated rings. The SMILES string of the molecule is COc1ccc(CN2CCCC(O)(COc3ccc(C)cc3C)CC2)cc1OCCn1cc(C)cn1. The number of aryl methyl sites for hydroxylation is 3. The maximum absolute atomic E-state index is 11.3. The van der Waals surface area contributed by atoms with Gasteiger partial charge < -0.3 is 19.3 Å². The summed E-state index contributed by atoms with van der Waals surface area (Å²) >= 11 is 0. The van der Waals surface area contributed by atoms with Gasteiger partial charge in [-0.25, -0.2) is 0 Å². The molecular weight excluding hydrogens is 454 g/mol. The summed E-state index contributed by atoms with van der Waals surface area (Å²) in [6.07, 6.45) is 6.19. The fourth-order valence-corrected chi connectivity index (χ4v) is 4.74. The molecule has 1 N–H and O–H groups in total. The first-order valence-corrected chi connectivity index (χ1v) is 12.8. The number of aromatic nitrogens is 2. The zero-order valence-corrected chi connectivity index (χ0v) is 22.0. The Labute approximate surface area is 214 Å². The minimum absolute atomic E-state index is 0.320. The Morgan fingerprint density at radius 3 is 2.53 bits per heavy atom. The minimum Gasteiger partial charge on any atom is -0.493 e. The highest BCUT2D eigenvalue weighted by atomic mass is 16.5. The third-order valence-electron chi connectivity index (χ3n) is 6.81. The van der Waals surface area contributed by atoms with Gasteiger partial charge in [-0.15, -0.1) is 0 Å². The largest absolute Gasteiger partial charge is 0.493 e. The van der Waals surface area contributed by atoms with Crippen LogP contribution in [-0.4, -0.2) is 58.8 Å². The molecule has 1 aromatic heterocycles. The highest BCUT2D eigenvalue weighted by molar-refractivity contribution is 5.43. The summed E-state index contributed by atoms with van der Waals surface area (Å²) < 4.78 is 19.5. The monoisotopic (exact) mass is 493 g/mol. The van der Waals surface area contributed by atoms with Crippen molar-refractivity contribution in [2.45, 2.75) is 58.7 Å². The van der Waals surface area contributed by atoms with Crippen LogP contribution < -0.4 is 14.2 Å². The van der Waals surface area contributed by atoms with Gasteiger partial charge in [0, 0.05) is 19.3 Å². The van der Waals surface area contributed by atoms with E-state index < -0.39 is 5.60 Å². The Morgan fingerprint density at radius 2 is 1.78 bits per heavy atom. The Morgan fingerprint density at radius 1 is 0.944 bits per heavy atom. The molecule has 36 heavy (non-hydrogen) atoms. The van der Waals surface area contributed by atoms with Crippen molar-refractivity contribution in [2.24, 2.45) is 0 Å². The number of nitrogens with zero attached hydrogens (tertiary/aromatic N) is 3. The second-order valence-corrected chi connectivity index (χ2v) is 10.0. The normalized spacial score (nSPS) is 18.6. The van der Waals surface area contributed by atoms with E-state index in [2.05, 4.69) is 35.1 Å². The molecule has 1 saturated heterocycles. The van der Waals surface area contributed by atoms with Gasteiger partial charge in [-0.05, 0) is 81.5 Å². The summed E-state index contributed by atoms with van der Waals surface area (Å²) in [4.78, 5) is 2.40. The van der Waals surface area contributed by atoms with Gasteiger partial charge in [-0.3, -0.25) is 9.58 Å². The van der Waals surface area contributed by atoms with Crippen LogP contribution in [0.25, 0.3) is 0 Å². The Bertz CT molecular complexity index is 1150. The van der Waals surface area contributed by atoms with Crippen LogP contribution in [0.2, 0.25) is 0 Å². The fraction of sp³-hybridized carbons (Fsp3) is 0.483. The molecule has 4 rings (SSSR count). The number of hydrogen-bond acceptors (Lipinski definition) is 6. The van der Waals surface area contributed by atoms with E-state index in [0.717, 1.165) is 66.4 Å². The molecule has 0 amide bonds. The molecule has 0 aliphatic carbocycles. The Hall–Kier alpha value is -3.03. The molecule has 3 aromatic rings. The molecule has 0 spiro atoms. The standard InChI is InChI=1S/C29H39N3O4/c1-22-6-8-26(24(3)16-22)36-21-29(33)10-5-12-31(13-11-29)20-25-7-9-27(34-4)28(17-25)35-15-14-32-19-23(2)18-30-32/h6-9,16-19,33H,5,10-15,20-21H2,1-4H3. The van der Waals surface area contributed by atoms with Crippen molar-refractivity contribution in [3.63, 3.8) is 0 Å². The lowest BCUT2D eigenvalue weighted by molar-refractivity contribution is -0.0170. The first-order valence-electron chi connectivity index (χ1n) is 12.8. The quantitative estimate of drug-likeness (QED) is 0.442. The number of aliphatic hydroxyl groups is 1. The van der Waals surface area contributed by atoms with E-state index in [9.17, 15) is 5.11 Å². The topological polar surface area (TPSA) is 69.0 Å². The fourth-order valence-electron chi connectivity index (χ4n) is 4.74. The van der Waals surface area contributed by atoms with Crippen LogP contribution >= 0.6 is 0 Å². The summed E-state index contributed by atoms with van der Waals surface area (Å²) in [5, 5.41) is 15.6. The second kappa shape index (κ2) is 11.8. The van der Waals surface area contributed by atoms with Crippen molar-refractivity contribution in [2.75, 3.05) is 33.4 Å². The first-order chi connectivity index (χ1) is 17.3. The maximum atomic E-state index is 11.3. The van der Waals surface area contributed by atoms with Gasteiger partial charge in [0.1, 0.15) is 19.0 Å². The lowest BCUT2D eigenvalue weighted by Crippen LogP contribution is -2.37. The highest BCUT2D eigenvalue weighted by Crippen LogP contribution is 2.30. The van der Waals surface area contributed by atoms with Crippen molar-refractivity contribution >= 4 is 0 Å². The molecule has 0 radical (unpaired) electrons. The van der Waals surface area contributed by atoms with Crippen LogP contribution in [0.15, 0.2) is 48.8 Å². The molecule has 1 atom stereocenters. The van der Waals surface area contributed by atoms with Gasteiger partial charge in [0.05, 0.1) is 25.5 Å². The molecule has 7 nitrogen and oxygen atoms in total. The van der Waals surface area contributed by atoms with Gasteiger partial charge in [-0.2, -0.15) is 5.10 Å². The number of rotatable bonds is 10. The summed E-state index contributed by atoms with van der Waals surface area (Å²) in [5.74, 6) is 2.32. The van der Waals surface area contributed by atoms with E-state index in [4.69, 9.17) is 14.2 Å². The van der Waals surface area contributed by atoms with E-state index >= 15 is 0 Å². The van der Waals surface area contributed by atoms with Crippen molar-refractivity contribution < 1.29 is 19.3 Å². The molecular formula is C29H39N3O4. The van der Waals surface area contributed by atoms with Crippen molar-refractivity contribution in [1.82, 2.24) is 14.7 Å². The third-order valence-corrected chi connectivity index (χ3v) is 6.81. The molecule has 194 valence electrons. The van der Waals surface area contributed by atoms with Gasteiger partial charge >= 0.3 is 0 Å². The third kappa shape index (κ3) is 7.02. The van der Waals surface area contributed by atoms with Gasteiger partial charge in [0.15, 0.2) is 11.5 Å². The smallest absolute Gasteiger partial charge is 0.161 e. The molecule has 1 aliphatic heterocycles. The van der Waals surface area contributed by atoms with Crippen molar-refractivity contribution in [3.05, 3.63) is 71.0 Å². The molecule has 1 aliphatic rings. The lowest BCUT2D eigenvalue weighted by atomic mass is 9.96. The zero-order valence-electron chi connectivity index (χ0n) is 22.0. The van der Waals surface area contributed by atoms with Crippen LogP contribution in [-0.2, 0) is 13.1 Å². The van der Waals surface area contributed by atoms with Crippen molar-refractivity contribution in [1.29, 1.82) is 0 Å². The van der Waals surface area contributed by atoms with E-state index in [0.29, 0.717) is 26.2 Å². The van der Waals surface area contributed by atoms with Crippen LogP contribution in [0, 0.1) is 20.8 Å². The molecule has 1 unspecified atom stereocenters. The van der Waals surface area contributed by atoms with E-state index in [-0.39, 0.29) is 0 Å². The summed E-state index contributed by atoms with van der Waals surface area (Å²) in [6, 6.07) is 12.3. The minimum atomic E-state index is -0.814. The molecule has 0 bridgehead atoms. The molecule has 7 heteroatoms. The molecule has 0 saturated carbocycles. The average Bonchev–Trinajstić information content (AvgIpc) is 3.17. The Kier molecular flexibility index (Phi) is 8.54. The summed E-state index contributed by atoms with van der Waals surface area (Å²) in [6.45, 7) is 10.2. The number of methoxy groups -OCH3 is 1. The molecule has 2 aromatic carbocycles. The van der Waals surface area contributed by atoms with E-state index in [1.165, 1.54) is 5.56 Å². The van der Waals surface area contributed by atoms with E-state index in [1.54, 1.807) is 7.11 Å². The predicted molar refractivity (Wildman–Crippen MR) is 141 cm³/mol. The number of benzene rings is 2. The van der Waals surface area contributed by atoms with Crippen molar-refractivity contribution in [3.8, 4) is 17.2 Å². The first kappa shape index (κ1) is 26.0. The molecule has 2 heterocycles. The second-order valence-electron chi connectivity index (χ2n) is 10.0. The summed E-state index contributed by atoms with van der Waals surface area (Å²) in [5.41, 5.74) is 3.80. The highest BCUT2D eigenvalue weighted by Gasteiger charge is 2.31. The predicted octanol–water partition coefficient (Wildman–Crippen LogP) is 4.69. The number of ether oxygens (including phenoxy) is 3. The number of hydrogen-bond donors (Lipinski definition) is 1. The number of likely N-dealkylation sites (tertiary alicyclic amines) is 1. The van der Waals surface area contributed by atoms with Crippen LogP contribution in [0.5, 0.6) is 17.2 Å².